The smallest absolute Gasteiger partial charge is 0.329 e. The summed E-state index contributed by atoms with van der Waals surface area (Å²) in [7, 11) is 0. The van der Waals surface area contributed by atoms with Gasteiger partial charge in [-0.1, -0.05) is 0 Å². The van der Waals surface area contributed by atoms with Gasteiger partial charge < -0.3 is 25.6 Å². The maximum Gasteiger partial charge on any atom is 0.329 e. The van der Waals surface area contributed by atoms with E-state index in [2.05, 4.69) is 5.32 Å². The molecule has 3 aliphatic heterocycles. The Kier molecular flexibility index (Phi) is 2.80. The number of quaternary nitrogens is 1. The number of ether oxygens (including phenoxy) is 1. The van der Waals surface area contributed by atoms with Gasteiger partial charge in [0.1, 0.15) is 23.7 Å². The van der Waals surface area contributed by atoms with Gasteiger partial charge in [-0.3, -0.25) is 9.59 Å². The lowest BCUT2D eigenvalue weighted by Crippen LogP contribution is -2.94. The number of nitrogens with one attached hydrogen (secondary N) is 1. The average Bonchev–Trinajstić information content (AvgIpc) is 2.81. The number of hydrogen-bond donors (Lipinski definition) is 4. The number of amides is 1. The van der Waals surface area contributed by atoms with Crippen LogP contribution in [0.1, 0.15) is 6.42 Å². The number of rotatable bonds is 3. The van der Waals surface area contributed by atoms with Gasteiger partial charge in [0.05, 0.1) is 13.0 Å². The first-order valence-corrected chi connectivity index (χ1v) is 6.38. The number of carboxylic acid groups (broad SMARTS) is 2. The third-order valence-corrected chi connectivity index (χ3v) is 4.25. The summed E-state index contributed by atoms with van der Waals surface area (Å²) in [5.41, 5.74) is -1.52. The third-order valence-electron chi connectivity index (χ3n) is 4.25. The van der Waals surface area contributed by atoms with Crippen LogP contribution in [-0.4, -0.2) is 58.4 Å². The highest BCUT2D eigenvalue weighted by molar-refractivity contribution is 5.94. The zero-order chi connectivity index (χ0) is 14.5. The van der Waals surface area contributed by atoms with Gasteiger partial charge in [0.15, 0.2) is 6.04 Å². The zero-order valence-corrected chi connectivity index (χ0v) is 10.5. The van der Waals surface area contributed by atoms with Crippen LogP contribution in [0.5, 0.6) is 0 Å². The summed E-state index contributed by atoms with van der Waals surface area (Å²) in [6.07, 6.45) is 2.70. The fourth-order valence-electron chi connectivity index (χ4n) is 3.57. The van der Waals surface area contributed by atoms with Crippen LogP contribution in [0.25, 0.3) is 0 Å². The summed E-state index contributed by atoms with van der Waals surface area (Å²) in [4.78, 5) is 34.6. The molecule has 0 bridgehead atoms. The van der Waals surface area contributed by atoms with Gasteiger partial charge in [-0.05, 0) is 12.2 Å². The highest BCUT2D eigenvalue weighted by atomic mass is 16.5. The van der Waals surface area contributed by atoms with Crippen LogP contribution in [0.15, 0.2) is 12.2 Å². The summed E-state index contributed by atoms with van der Waals surface area (Å²) < 4.78 is 5.77. The molecule has 1 amide bonds. The van der Waals surface area contributed by atoms with Crippen molar-refractivity contribution in [1.29, 1.82) is 0 Å². The van der Waals surface area contributed by atoms with Gasteiger partial charge in [0.25, 0.3) is 0 Å². The number of nitrogens with two attached hydrogens (primary N) is 1. The van der Waals surface area contributed by atoms with E-state index in [0.717, 1.165) is 0 Å². The quantitative estimate of drug-likeness (QED) is 0.417. The molecule has 0 aromatic heterocycles. The second-order valence-corrected chi connectivity index (χ2v) is 5.34. The Labute approximate surface area is 113 Å². The van der Waals surface area contributed by atoms with Gasteiger partial charge in [0, 0.05) is 0 Å². The lowest BCUT2D eigenvalue weighted by molar-refractivity contribution is -0.688. The number of aliphatic carboxylic acids is 2. The fourth-order valence-corrected chi connectivity index (χ4v) is 3.57. The molecule has 0 unspecified atom stereocenters. The Hall–Kier alpha value is -1.93. The molecule has 0 radical (unpaired) electrons. The maximum absolute atomic E-state index is 12.1. The Morgan fingerprint density at radius 1 is 1.50 bits per heavy atom. The van der Waals surface area contributed by atoms with Crippen molar-refractivity contribution in [2.75, 3.05) is 6.54 Å². The van der Waals surface area contributed by atoms with Crippen molar-refractivity contribution in [2.24, 2.45) is 5.92 Å². The fraction of sp³-hybridized carbons (Fsp3) is 0.583. The highest BCUT2D eigenvalue weighted by Gasteiger charge is 2.70. The van der Waals surface area contributed by atoms with Crippen molar-refractivity contribution in [1.82, 2.24) is 5.32 Å². The molecule has 8 nitrogen and oxygen atoms in total. The largest absolute Gasteiger partial charge is 0.481 e. The van der Waals surface area contributed by atoms with Crippen LogP contribution in [0.3, 0.4) is 0 Å². The van der Waals surface area contributed by atoms with Crippen LogP contribution in [-0.2, 0) is 19.1 Å². The van der Waals surface area contributed by atoms with Crippen LogP contribution in [0.2, 0.25) is 0 Å². The second kappa shape index (κ2) is 4.29. The lowest BCUT2D eigenvalue weighted by atomic mass is 9.79. The van der Waals surface area contributed by atoms with Crippen LogP contribution >= 0.6 is 0 Å². The molecule has 108 valence electrons. The molecule has 0 aromatic rings. The Morgan fingerprint density at radius 2 is 2.25 bits per heavy atom. The minimum atomic E-state index is -1.52. The third kappa shape index (κ3) is 1.65. The molecular formula is C12H15N2O6+. The van der Waals surface area contributed by atoms with E-state index in [1.54, 1.807) is 6.08 Å². The van der Waals surface area contributed by atoms with Gasteiger partial charge >= 0.3 is 11.9 Å². The summed E-state index contributed by atoms with van der Waals surface area (Å²) >= 11 is 0. The maximum atomic E-state index is 12.1. The molecule has 5 atom stereocenters. The number of carbonyl (C=O) groups is 3. The molecule has 0 saturated carbocycles. The molecule has 3 heterocycles. The summed E-state index contributed by atoms with van der Waals surface area (Å²) in [5, 5.41) is 22.6. The molecule has 3 aliphatic rings. The Balaban J connectivity index is 2.05. The molecule has 0 spiro atoms. The Bertz CT molecular complexity index is 518. The minimum Gasteiger partial charge on any atom is -0.481 e. The van der Waals surface area contributed by atoms with E-state index in [4.69, 9.17) is 9.84 Å². The van der Waals surface area contributed by atoms with Crippen molar-refractivity contribution >= 4 is 17.8 Å². The van der Waals surface area contributed by atoms with E-state index >= 15 is 0 Å². The van der Waals surface area contributed by atoms with E-state index < -0.39 is 47.9 Å². The molecule has 2 fully saturated rings. The molecule has 0 aliphatic carbocycles. The number of carbonyl (C=O) groups excluding carboxylic acids is 1. The van der Waals surface area contributed by atoms with Crippen molar-refractivity contribution in [3.8, 4) is 0 Å². The molecule has 8 heteroatoms. The van der Waals surface area contributed by atoms with Crippen molar-refractivity contribution < 1.29 is 34.7 Å². The summed E-state index contributed by atoms with van der Waals surface area (Å²) in [6, 6.07) is -1.60. The van der Waals surface area contributed by atoms with Crippen molar-refractivity contribution in [3.63, 3.8) is 0 Å². The second-order valence-electron chi connectivity index (χ2n) is 5.34. The Morgan fingerprint density at radius 3 is 2.90 bits per heavy atom. The van der Waals surface area contributed by atoms with Gasteiger partial charge in [0.2, 0.25) is 5.91 Å². The molecule has 20 heavy (non-hydrogen) atoms. The number of fused-ring (bicyclic) bond motifs is 3. The first kappa shape index (κ1) is 13.1. The van der Waals surface area contributed by atoms with Gasteiger partial charge in [-0.2, -0.15) is 0 Å². The molecule has 3 rings (SSSR count). The van der Waals surface area contributed by atoms with Crippen molar-refractivity contribution in [3.05, 3.63) is 12.2 Å². The molecular weight excluding hydrogens is 268 g/mol. The highest BCUT2D eigenvalue weighted by Crippen LogP contribution is 2.45. The minimum absolute atomic E-state index is 0.274. The van der Waals surface area contributed by atoms with E-state index in [0.29, 0.717) is 6.54 Å². The first-order chi connectivity index (χ1) is 9.45. The zero-order valence-electron chi connectivity index (χ0n) is 10.5. The van der Waals surface area contributed by atoms with Crippen LogP contribution in [0.4, 0.5) is 0 Å². The van der Waals surface area contributed by atoms with Crippen LogP contribution in [0, 0.1) is 5.92 Å². The monoisotopic (exact) mass is 283 g/mol. The van der Waals surface area contributed by atoms with Gasteiger partial charge in [-0.15, -0.1) is 0 Å². The lowest BCUT2D eigenvalue weighted by Gasteiger charge is -2.28. The number of carboxylic acids is 2. The summed E-state index contributed by atoms with van der Waals surface area (Å²) in [5.74, 6) is -3.67. The topological polar surface area (TPSA) is 130 Å². The molecule has 2 saturated heterocycles. The van der Waals surface area contributed by atoms with E-state index in [1.807, 2.05) is 11.4 Å². The van der Waals surface area contributed by atoms with E-state index in [1.165, 1.54) is 0 Å². The molecule has 5 N–H and O–H groups in total. The predicted molar refractivity (Wildman–Crippen MR) is 62.6 cm³/mol. The standard InChI is InChI=1S/C12H14N2O6/c15-6(16)4-12-7(10(17)14-9(12)11(18)19)8-5(20-12)2-1-3-13-8/h1-2,5,7-9,13H,3-4H2,(H,14,17)(H,15,16)(H,18,19)/p+1/t5-,7+,8+,9-,12+/m0/s1. The normalized spacial score (nSPS) is 41.9. The summed E-state index contributed by atoms with van der Waals surface area (Å²) in [6.45, 7) is 0.662. The van der Waals surface area contributed by atoms with E-state index in [9.17, 15) is 19.5 Å². The molecule has 0 aromatic carbocycles. The SMILES string of the molecule is O=C(O)C[C@@]12O[C@H]3C=CC[NH2+][C@H]3[C@@H]1C(=O)N[C@H]2C(=O)O. The van der Waals surface area contributed by atoms with Crippen molar-refractivity contribution in [2.45, 2.75) is 30.2 Å². The number of hydrogen-bond acceptors (Lipinski definition) is 4. The average molecular weight is 283 g/mol. The van der Waals surface area contributed by atoms with Gasteiger partial charge in [-0.25, -0.2) is 4.79 Å². The predicted octanol–water partition coefficient (Wildman–Crippen LogP) is -2.70. The first-order valence-electron chi connectivity index (χ1n) is 6.38. The van der Waals surface area contributed by atoms with Crippen LogP contribution < -0.4 is 10.6 Å². The van der Waals surface area contributed by atoms with E-state index in [-0.39, 0.29) is 6.04 Å².